The molecule has 0 fully saturated rings. The fourth-order valence-corrected chi connectivity index (χ4v) is 2.15. The Hall–Kier alpha value is -2.40. The second-order valence-electron chi connectivity index (χ2n) is 4.02. The molecule has 1 unspecified atom stereocenters. The van der Waals surface area contributed by atoms with Gasteiger partial charge in [0.05, 0.1) is 17.4 Å². The molecule has 0 bridgehead atoms. The predicted molar refractivity (Wildman–Crippen MR) is 66.9 cm³/mol. The normalized spacial score (nSPS) is 12.7. The molecule has 0 saturated heterocycles. The number of H-pyrrole nitrogens is 2. The van der Waals surface area contributed by atoms with Gasteiger partial charge in [0.15, 0.2) is 6.29 Å². The van der Waals surface area contributed by atoms with Gasteiger partial charge in [-0.3, -0.25) is 4.98 Å². The van der Waals surface area contributed by atoms with Crippen LogP contribution in [0.1, 0.15) is 11.7 Å². The van der Waals surface area contributed by atoms with Gasteiger partial charge >= 0.3 is 0 Å². The number of aldehydes is 1. The summed E-state index contributed by atoms with van der Waals surface area (Å²) in [7, 11) is 0. The summed E-state index contributed by atoms with van der Waals surface area (Å²) in [5, 5.41) is 10.7. The SMILES string of the molecule is O=CC(O)c1c(-c2cc[nH]c2)[nH]c2cnccc12. The summed E-state index contributed by atoms with van der Waals surface area (Å²) >= 11 is 0. The van der Waals surface area contributed by atoms with E-state index in [1.807, 2.05) is 6.07 Å². The highest BCUT2D eigenvalue weighted by atomic mass is 16.3. The number of rotatable bonds is 3. The van der Waals surface area contributed by atoms with Crippen LogP contribution in [0.25, 0.3) is 22.2 Å². The smallest absolute Gasteiger partial charge is 0.153 e. The van der Waals surface area contributed by atoms with Gasteiger partial charge in [0, 0.05) is 35.1 Å². The van der Waals surface area contributed by atoms with Gasteiger partial charge in [0.2, 0.25) is 0 Å². The molecule has 0 aliphatic carbocycles. The maximum absolute atomic E-state index is 10.9. The van der Waals surface area contributed by atoms with Crippen molar-refractivity contribution in [3.05, 3.63) is 42.5 Å². The average Bonchev–Trinajstić information content (AvgIpc) is 3.04. The van der Waals surface area contributed by atoms with Gasteiger partial charge < -0.3 is 19.9 Å². The first-order chi connectivity index (χ1) is 8.81. The van der Waals surface area contributed by atoms with Crippen LogP contribution in [-0.4, -0.2) is 26.3 Å². The fourth-order valence-electron chi connectivity index (χ4n) is 2.15. The van der Waals surface area contributed by atoms with Crippen LogP contribution in [0.4, 0.5) is 0 Å². The minimum absolute atomic E-state index is 0.527. The molecule has 3 heterocycles. The maximum atomic E-state index is 10.9. The minimum atomic E-state index is -1.15. The lowest BCUT2D eigenvalue weighted by Crippen LogP contribution is -1.99. The average molecular weight is 241 g/mol. The molecular weight excluding hydrogens is 230 g/mol. The van der Waals surface area contributed by atoms with E-state index >= 15 is 0 Å². The first-order valence-electron chi connectivity index (χ1n) is 5.53. The molecule has 3 N–H and O–H groups in total. The number of hydrogen-bond donors (Lipinski definition) is 3. The summed E-state index contributed by atoms with van der Waals surface area (Å²) in [4.78, 5) is 21.0. The van der Waals surface area contributed by atoms with Crippen molar-refractivity contribution in [3.8, 4) is 11.3 Å². The Kier molecular flexibility index (Phi) is 2.46. The van der Waals surface area contributed by atoms with Crippen molar-refractivity contribution in [1.29, 1.82) is 0 Å². The molecule has 0 amide bonds. The molecule has 5 heteroatoms. The van der Waals surface area contributed by atoms with Crippen LogP contribution in [0.3, 0.4) is 0 Å². The van der Waals surface area contributed by atoms with Crippen LogP contribution in [0.2, 0.25) is 0 Å². The molecule has 0 aliphatic rings. The number of pyridine rings is 1. The van der Waals surface area contributed by atoms with E-state index in [4.69, 9.17) is 0 Å². The standard InChI is InChI=1S/C13H11N3O2/c17-7-11(18)12-9-2-4-15-6-10(9)16-13(12)8-1-3-14-5-8/h1-7,11,14,16,18H. The molecule has 0 aliphatic heterocycles. The summed E-state index contributed by atoms with van der Waals surface area (Å²) in [6.07, 6.45) is 6.28. The van der Waals surface area contributed by atoms with E-state index in [1.165, 1.54) is 0 Å². The highest BCUT2D eigenvalue weighted by molar-refractivity contribution is 5.92. The second-order valence-corrected chi connectivity index (χ2v) is 4.02. The van der Waals surface area contributed by atoms with Gasteiger partial charge in [-0.1, -0.05) is 0 Å². The number of aliphatic hydroxyl groups is 1. The molecule has 18 heavy (non-hydrogen) atoms. The van der Waals surface area contributed by atoms with E-state index in [0.29, 0.717) is 11.8 Å². The van der Waals surface area contributed by atoms with E-state index in [-0.39, 0.29) is 0 Å². The van der Waals surface area contributed by atoms with Crippen LogP contribution in [-0.2, 0) is 4.79 Å². The number of nitrogens with one attached hydrogen (secondary N) is 2. The second kappa shape index (κ2) is 4.12. The molecule has 0 radical (unpaired) electrons. The summed E-state index contributed by atoms with van der Waals surface area (Å²) in [6.45, 7) is 0. The Morgan fingerprint density at radius 1 is 1.39 bits per heavy atom. The lowest BCUT2D eigenvalue weighted by molar-refractivity contribution is -0.115. The summed E-state index contributed by atoms with van der Waals surface area (Å²) in [5.41, 5.74) is 3.01. The van der Waals surface area contributed by atoms with Gasteiger partial charge in [-0.25, -0.2) is 0 Å². The van der Waals surface area contributed by atoms with Gasteiger partial charge in [0.25, 0.3) is 0 Å². The number of carbonyl (C=O) groups excluding carboxylic acids is 1. The number of nitrogens with zero attached hydrogens (tertiary/aromatic N) is 1. The third-order valence-electron chi connectivity index (χ3n) is 2.95. The van der Waals surface area contributed by atoms with Crippen molar-refractivity contribution in [1.82, 2.24) is 15.0 Å². The molecule has 3 aromatic heterocycles. The largest absolute Gasteiger partial charge is 0.381 e. The zero-order valence-electron chi connectivity index (χ0n) is 9.42. The van der Waals surface area contributed by atoms with Crippen molar-refractivity contribution in [2.45, 2.75) is 6.10 Å². The van der Waals surface area contributed by atoms with E-state index in [2.05, 4.69) is 15.0 Å². The van der Waals surface area contributed by atoms with E-state index in [0.717, 1.165) is 22.2 Å². The Morgan fingerprint density at radius 2 is 2.28 bits per heavy atom. The Morgan fingerprint density at radius 3 is 3.00 bits per heavy atom. The summed E-state index contributed by atoms with van der Waals surface area (Å²) in [5.74, 6) is 0. The van der Waals surface area contributed by atoms with E-state index in [9.17, 15) is 9.90 Å². The molecule has 3 aromatic rings. The topological polar surface area (TPSA) is 81.8 Å². The lowest BCUT2D eigenvalue weighted by atomic mass is 10.0. The first-order valence-corrected chi connectivity index (χ1v) is 5.53. The zero-order valence-corrected chi connectivity index (χ0v) is 9.42. The van der Waals surface area contributed by atoms with Crippen LogP contribution < -0.4 is 0 Å². The lowest BCUT2D eigenvalue weighted by Gasteiger charge is -2.04. The molecule has 3 rings (SSSR count). The zero-order chi connectivity index (χ0) is 12.5. The Balaban J connectivity index is 2.33. The van der Waals surface area contributed by atoms with Crippen molar-refractivity contribution in [3.63, 3.8) is 0 Å². The monoisotopic (exact) mass is 241 g/mol. The van der Waals surface area contributed by atoms with Crippen molar-refractivity contribution >= 4 is 17.2 Å². The molecule has 5 nitrogen and oxygen atoms in total. The van der Waals surface area contributed by atoms with Crippen LogP contribution >= 0.6 is 0 Å². The highest BCUT2D eigenvalue weighted by Crippen LogP contribution is 2.33. The van der Waals surface area contributed by atoms with Crippen LogP contribution in [0.15, 0.2) is 36.9 Å². The molecule has 90 valence electrons. The van der Waals surface area contributed by atoms with Gasteiger partial charge in [0.1, 0.15) is 6.10 Å². The quantitative estimate of drug-likeness (QED) is 0.611. The minimum Gasteiger partial charge on any atom is -0.381 e. The fraction of sp³-hybridized carbons (Fsp3) is 0.0769. The Labute approximate surface area is 102 Å². The number of hydrogen-bond acceptors (Lipinski definition) is 3. The van der Waals surface area contributed by atoms with Gasteiger partial charge in [-0.15, -0.1) is 0 Å². The van der Waals surface area contributed by atoms with Crippen LogP contribution in [0, 0.1) is 0 Å². The van der Waals surface area contributed by atoms with Crippen molar-refractivity contribution in [2.24, 2.45) is 0 Å². The van der Waals surface area contributed by atoms with Crippen molar-refractivity contribution < 1.29 is 9.90 Å². The van der Waals surface area contributed by atoms with Gasteiger partial charge in [-0.2, -0.15) is 0 Å². The molecule has 1 atom stereocenters. The number of aromatic nitrogens is 3. The molecule has 0 spiro atoms. The van der Waals surface area contributed by atoms with Gasteiger partial charge in [-0.05, 0) is 12.1 Å². The number of aromatic amines is 2. The Bertz CT molecular complexity index is 685. The molecular formula is C13H11N3O2. The van der Waals surface area contributed by atoms with E-state index < -0.39 is 6.10 Å². The first kappa shape index (κ1) is 10.7. The predicted octanol–water partition coefficient (Wildman–Crippen LogP) is 1.79. The summed E-state index contributed by atoms with van der Waals surface area (Å²) < 4.78 is 0. The third-order valence-corrected chi connectivity index (χ3v) is 2.95. The highest BCUT2D eigenvalue weighted by Gasteiger charge is 2.19. The summed E-state index contributed by atoms with van der Waals surface area (Å²) in [6, 6.07) is 3.66. The van der Waals surface area contributed by atoms with Crippen molar-refractivity contribution in [2.75, 3.05) is 0 Å². The molecule has 0 saturated carbocycles. The van der Waals surface area contributed by atoms with Crippen LogP contribution in [0.5, 0.6) is 0 Å². The number of fused-ring (bicyclic) bond motifs is 1. The van der Waals surface area contributed by atoms with E-state index in [1.54, 1.807) is 30.9 Å². The maximum Gasteiger partial charge on any atom is 0.153 e. The molecule has 0 aromatic carbocycles. The number of carbonyl (C=O) groups is 1. The third kappa shape index (κ3) is 1.53. The number of aliphatic hydroxyl groups excluding tert-OH is 1.